The average Bonchev–Trinajstić information content (AvgIpc) is 2.86. The molecule has 0 radical (unpaired) electrons. The SMILES string of the molecule is COC(=O)c1cccc(C(=O)N[C@@H](Cc2c3ccccc3cc3ccccc23)C(=O)OC)c1. The van der Waals surface area contributed by atoms with E-state index < -0.39 is 23.9 Å². The highest BCUT2D eigenvalue weighted by Crippen LogP contribution is 2.29. The van der Waals surface area contributed by atoms with E-state index in [4.69, 9.17) is 9.47 Å². The topological polar surface area (TPSA) is 81.7 Å². The van der Waals surface area contributed by atoms with Gasteiger partial charge in [0.05, 0.1) is 19.8 Å². The van der Waals surface area contributed by atoms with Crippen LogP contribution in [0.5, 0.6) is 0 Å². The van der Waals surface area contributed by atoms with Gasteiger partial charge in [0, 0.05) is 12.0 Å². The van der Waals surface area contributed by atoms with Crippen LogP contribution in [0.2, 0.25) is 0 Å². The van der Waals surface area contributed by atoms with E-state index in [0.29, 0.717) is 0 Å². The van der Waals surface area contributed by atoms with Crippen molar-refractivity contribution >= 4 is 39.4 Å². The molecule has 0 spiro atoms. The summed E-state index contributed by atoms with van der Waals surface area (Å²) in [7, 11) is 2.57. The molecule has 0 heterocycles. The first-order valence-electron chi connectivity index (χ1n) is 10.5. The van der Waals surface area contributed by atoms with Gasteiger partial charge in [0.2, 0.25) is 0 Å². The fourth-order valence-electron chi connectivity index (χ4n) is 4.01. The van der Waals surface area contributed by atoms with Crippen LogP contribution in [0, 0.1) is 0 Å². The van der Waals surface area contributed by atoms with Crippen molar-refractivity contribution in [3.05, 3.63) is 95.6 Å². The number of hydrogen-bond acceptors (Lipinski definition) is 5. The Morgan fingerprint density at radius 3 is 1.97 bits per heavy atom. The third kappa shape index (κ3) is 4.55. The quantitative estimate of drug-likeness (QED) is 0.357. The van der Waals surface area contributed by atoms with Gasteiger partial charge in [-0.3, -0.25) is 4.79 Å². The van der Waals surface area contributed by atoms with Crippen molar-refractivity contribution in [1.29, 1.82) is 0 Å². The molecule has 4 rings (SSSR count). The van der Waals surface area contributed by atoms with Crippen LogP contribution in [0.25, 0.3) is 21.5 Å². The highest BCUT2D eigenvalue weighted by molar-refractivity contribution is 6.03. The molecular weight excluding hydrogens is 418 g/mol. The Bertz CT molecular complexity index is 1310. The predicted octanol–water partition coefficient (Wildman–Crippen LogP) is 4.29. The Kier molecular flexibility index (Phi) is 6.36. The molecule has 0 aliphatic carbocycles. The van der Waals surface area contributed by atoms with Gasteiger partial charge >= 0.3 is 11.9 Å². The summed E-state index contributed by atoms with van der Waals surface area (Å²) >= 11 is 0. The molecule has 4 aromatic carbocycles. The van der Waals surface area contributed by atoms with E-state index in [1.807, 2.05) is 48.5 Å². The first-order chi connectivity index (χ1) is 16.0. The third-order valence-electron chi connectivity index (χ3n) is 5.63. The first kappa shape index (κ1) is 22.0. The lowest BCUT2D eigenvalue weighted by Crippen LogP contribution is -2.43. The van der Waals surface area contributed by atoms with E-state index in [1.54, 1.807) is 18.2 Å². The van der Waals surface area contributed by atoms with Crippen molar-refractivity contribution in [1.82, 2.24) is 5.32 Å². The Labute approximate surface area is 191 Å². The number of nitrogens with one attached hydrogen (secondary N) is 1. The van der Waals surface area contributed by atoms with Crippen molar-refractivity contribution in [2.45, 2.75) is 12.5 Å². The number of esters is 2. The lowest BCUT2D eigenvalue weighted by atomic mass is 9.92. The summed E-state index contributed by atoms with van der Waals surface area (Å²) < 4.78 is 9.72. The summed E-state index contributed by atoms with van der Waals surface area (Å²) in [6, 6.07) is 23.2. The molecule has 6 heteroatoms. The van der Waals surface area contributed by atoms with Crippen molar-refractivity contribution in [2.24, 2.45) is 0 Å². The molecular formula is C27H23NO5. The normalized spacial score (nSPS) is 11.7. The fourth-order valence-corrected chi connectivity index (χ4v) is 4.01. The fraction of sp³-hybridized carbons (Fsp3) is 0.148. The second kappa shape index (κ2) is 9.53. The van der Waals surface area contributed by atoms with Crippen LogP contribution in [0.3, 0.4) is 0 Å². The Morgan fingerprint density at radius 2 is 1.36 bits per heavy atom. The summed E-state index contributed by atoms with van der Waals surface area (Å²) in [5.41, 5.74) is 1.44. The van der Waals surface area contributed by atoms with Gasteiger partial charge < -0.3 is 14.8 Å². The highest BCUT2D eigenvalue weighted by Gasteiger charge is 2.25. The van der Waals surface area contributed by atoms with E-state index in [-0.39, 0.29) is 17.5 Å². The van der Waals surface area contributed by atoms with Gasteiger partial charge in [-0.15, -0.1) is 0 Å². The van der Waals surface area contributed by atoms with Gasteiger partial charge in [-0.2, -0.15) is 0 Å². The number of ether oxygens (including phenoxy) is 2. The first-order valence-corrected chi connectivity index (χ1v) is 10.5. The average molecular weight is 441 g/mol. The minimum absolute atomic E-state index is 0.245. The molecule has 0 aliphatic rings. The van der Waals surface area contributed by atoms with Crippen molar-refractivity contribution in [2.75, 3.05) is 14.2 Å². The number of carbonyl (C=O) groups excluding carboxylic acids is 3. The van der Waals surface area contributed by atoms with Crippen molar-refractivity contribution in [3.8, 4) is 0 Å². The molecule has 33 heavy (non-hydrogen) atoms. The maximum absolute atomic E-state index is 13.0. The van der Waals surface area contributed by atoms with Crippen molar-refractivity contribution < 1.29 is 23.9 Å². The molecule has 1 atom stereocenters. The van der Waals surface area contributed by atoms with E-state index in [1.165, 1.54) is 20.3 Å². The molecule has 0 unspecified atom stereocenters. The minimum Gasteiger partial charge on any atom is -0.467 e. The van der Waals surface area contributed by atoms with Crippen LogP contribution in [0.1, 0.15) is 26.3 Å². The van der Waals surface area contributed by atoms with Gasteiger partial charge in [0.25, 0.3) is 5.91 Å². The van der Waals surface area contributed by atoms with Crippen LogP contribution in [-0.4, -0.2) is 38.1 Å². The molecule has 6 nitrogen and oxygen atoms in total. The molecule has 166 valence electrons. The lowest BCUT2D eigenvalue weighted by molar-refractivity contribution is -0.142. The molecule has 4 aromatic rings. The van der Waals surface area contributed by atoms with Crippen molar-refractivity contribution in [3.63, 3.8) is 0 Å². The van der Waals surface area contributed by atoms with Crippen LogP contribution < -0.4 is 5.32 Å². The summed E-state index contributed by atoms with van der Waals surface area (Å²) in [5.74, 6) is -1.58. The standard InChI is InChI=1S/C27H23NO5/c1-32-26(30)20-11-7-10-19(15-20)25(29)28-24(27(31)33-2)16-23-21-12-5-3-8-17(21)14-18-9-4-6-13-22(18)23/h3-15,24H,16H2,1-2H3,(H,28,29)/t24-/m0/s1. The van der Waals surface area contributed by atoms with Crippen LogP contribution in [-0.2, 0) is 20.7 Å². The number of amides is 1. The van der Waals surface area contributed by atoms with E-state index >= 15 is 0 Å². The second-order valence-corrected chi connectivity index (χ2v) is 7.62. The van der Waals surface area contributed by atoms with Gasteiger partial charge in [-0.25, -0.2) is 9.59 Å². The van der Waals surface area contributed by atoms with Gasteiger partial charge in [-0.05, 0) is 51.4 Å². The predicted molar refractivity (Wildman–Crippen MR) is 126 cm³/mol. The smallest absolute Gasteiger partial charge is 0.337 e. The largest absolute Gasteiger partial charge is 0.467 e. The number of benzene rings is 4. The Hall–Kier alpha value is -4.19. The zero-order chi connectivity index (χ0) is 23.4. The molecule has 0 aliphatic heterocycles. The number of rotatable bonds is 6. The summed E-state index contributed by atoms with van der Waals surface area (Å²) in [6.07, 6.45) is 0.247. The molecule has 0 saturated heterocycles. The van der Waals surface area contributed by atoms with E-state index in [0.717, 1.165) is 27.1 Å². The molecule has 0 saturated carbocycles. The molecule has 0 bridgehead atoms. The van der Waals surface area contributed by atoms with Crippen LogP contribution in [0.4, 0.5) is 0 Å². The molecule has 1 N–H and O–H groups in total. The monoisotopic (exact) mass is 441 g/mol. The number of fused-ring (bicyclic) bond motifs is 2. The second-order valence-electron chi connectivity index (χ2n) is 7.62. The number of hydrogen-bond donors (Lipinski definition) is 1. The maximum Gasteiger partial charge on any atom is 0.337 e. The molecule has 1 amide bonds. The van der Waals surface area contributed by atoms with Crippen LogP contribution >= 0.6 is 0 Å². The highest BCUT2D eigenvalue weighted by atomic mass is 16.5. The zero-order valence-electron chi connectivity index (χ0n) is 18.3. The molecule has 0 aromatic heterocycles. The summed E-state index contributed by atoms with van der Waals surface area (Å²) in [6.45, 7) is 0. The lowest BCUT2D eigenvalue weighted by Gasteiger charge is -2.19. The minimum atomic E-state index is -0.918. The van der Waals surface area contributed by atoms with Crippen LogP contribution in [0.15, 0.2) is 78.9 Å². The van der Waals surface area contributed by atoms with Gasteiger partial charge in [-0.1, -0.05) is 54.6 Å². The summed E-state index contributed by atoms with van der Waals surface area (Å²) in [5, 5.41) is 6.89. The Morgan fingerprint density at radius 1 is 0.758 bits per heavy atom. The number of methoxy groups -OCH3 is 2. The summed E-state index contributed by atoms with van der Waals surface area (Å²) in [4.78, 5) is 37.5. The zero-order valence-corrected chi connectivity index (χ0v) is 18.3. The van der Waals surface area contributed by atoms with E-state index in [9.17, 15) is 14.4 Å². The van der Waals surface area contributed by atoms with Gasteiger partial charge in [0.15, 0.2) is 0 Å². The third-order valence-corrected chi connectivity index (χ3v) is 5.63. The maximum atomic E-state index is 13.0. The number of carbonyl (C=O) groups is 3. The molecule has 0 fully saturated rings. The Balaban J connectivity index is 1.71. The van der Waals surface area contributed by atoms with E-state index in [2.05, 4.69) is 11.4 Å². The van der Waals surface area contributed by atoms with Gasteiger partial charge in [0.1, 0.15) is 6.04 Å².